The van der Waals surface area contributed by atoms with E-state index in [1.54, 1.807) is 12.1 Å². The number of anilines is 3. The van der Waals surface area contributed by atoms with Crippen LogP contribution in [0.1, 0.15) is 37.7 Å². The monoisotopic (exact) mass is 490 g/mol. The third-order valence-electron chi connectivity index (χ3n) is 6.83. The minimum atomic E-state index is -0.108. The summed E-state index contributed by atoms with van der Waals surface area (Å²) in [4.78, 5) is 11.6. The number of nitrogens with one attached hydrogen (secondary N) is 2. The Balaban J connectivity index is 1.32. The van der Waals surface area contributed by atoms with E-state index in [0.717, 1.165) is 6.54 Å². The Hall–Kier alpha value is -3.82. The molecule has 1 aromatic carbocycles. The van der Waals surface area contributed by atoms with E-state index in [4.69, 9.17) is 9.84 Å². The number of nitriles is 1. The molecule has 188 valence electrons. The molecule has 0 saturated carbocycles. The van der Waals surface area contributed by atoms with Crippen LogP contribution >= 0.6 is 0 Å². The summed E-state index contributed by atoms with van der Waals surface area (Å²) in [6, 6.07) is 8.19. The lowest BCUT2D eigenvalue weighted by Crippen LogP contribution is -2.49. The second kappa shape index (κ2) is 11.3. The standard InChI is InChI=1S/C24H30N10O2/c25-13-18-15-27-24(30-23(18)26-14-17-4-3-9-33-8-2-1-5-20(17)33)29-19-6-7-22(36-11-10-35)21(12-19)34-16-28-31-32-34/h6-7,12,15-17,20,35H,1-5,8-11,14H2,(H2,26,27,29,30). The Labute approximate surface area is 209 Å². The molecule has 2 aliphatic rings. The van der Waals surface area contributed by atoms with Crippen LogP contribution in [-0.4, -0.2) is 79.1 Å². The zero-order valence-electron chi connectivity index (χ0n) is 20.0. The molecule has 12 nitrogen and oxygen atoms in total. The molecule has 3 N–H and O–H groups in total. The zero-order valence-corrected chi connectivity index (χ0v) is 20.0. The van der Waals surface area contributed by atoms with Crippen LogP contribution in [0.15, 0.2) is 30.7 Å². The summed E-state index contributed by atoms with van der Waals surface area (Å²) >= 11 is 0. The highest BCUT2D eigenvalue weighted by atomic mass is 16.5. The first-order valence-corrected chi connectivity index (χ1v) is 12.4. The molecule has 36 heavy (non-hydrogen) atoms. The van der Waals surface area contributed by atoms with Crippen molar-refractivity contribution < 1.29 is 9.84 Å². The second-order valence-corrected chi connectivity index (χ2v) is 9.08. The number of tetrazole rings is 1. The highest BCUT2D eigenvalue weighted by molar-refractivity contribution is 5.63. The number of aliphatic hydroxyl groups excluding tert-OH is 1. The van der Waals surface area contributed by atoms with Crippen LogP contribution in [0.3, 0.4) is 0 Å². The zero-order chi connectivity index (χ0) is 24.7. The van der Waals surface area contributed by atoms with Gasteiger partial charge in [0.2, 0.25) is 5.95 Å². The number of hydrogen-bond donors (Lipinski definition) is 3. The predicted molar refractivity (Wildman–Crippen MR) is 132 cm³/mol. The first-order valence-electron chi connectivity index (χ1n) is 12.4. The maximum Gasteiger partial charge on any atom is 0.229 e. The lowest BCUT2D eigenvalue weighted by Gasteiger charge is -2.44. The molecule has 2 unspecified atom stereocenters. The Bertz CT molecular complexity index is 1190. The molecule has 2 aliphatic heterocycles. The van der Waals surface area contributed by atoms with Crippen molar-refractivity contribution in [2.45, 2.75) is 38.1 Å². The lowest BCUT2D eigenvalue weighted by atomic mass is 9.83. The predicted octanol–water partition coefficient (Wildman–Crippen LogP) is 2.12. The highest BCUT2D eigenvalue weighted by Gasteiger charge is 2.32. The van der Waals surface area contributed by atoms with Crippen molar-refractivity contribution in [2.75, 3.05) is 43.5 Å². The van der Waals surface area contributed by atoms with Gasteiger partial charge in [0.05, 0.1) is 12.8 Å². The molecular weight excluding hydrogens is 460 g/mol. The van der Waals surface area contributed by atoms with Crippen molar-refractivity contribution in [3.05, 3.63) is 36.3 Å². The van der Waals surface area contributed by atoms with Crippen molar-refractivity contribution in [2.24, 2.45) is 5.92 Å². The number of rotatable bonds is 9. The number of hydrogen-bond acceptors (Lipinski definition) is 11. The van der Waals surface area contributed by atoms with E-state index in [0.29, 0.717) is 46.4 Å². The number of fused-ring (bicyclic) bond motifs is 1. The van der Waals surface area contributed by atoms with Crippen LogP contribution in [0.4, 0.5) is 17.5 Å². The number of piperidine rings is 2. The normalized spacial score (nSPS) is 19.8. The van der Waals surface area contributed by atoms with Gasteiger partial charge in [-0.1, -0.05) is 6.42 Å². The van der Waals surface area contributed by atoms with Crippen LogP contribution in [0.2, 0.25) is 0 Å². The van der Waals surface area contributed by atoms with Gasteiger partial charge in [-0.2, -0.15) is 14.9 Å². The molecule has 3 aromatic rings. The first-order chi connectivity index (χ1) is 17.7. The number of ether oxygens (including phenoxy) is 1. The van der Waals surface area contributed by atoms with E-state index < -0.39 is 0 Å². The average Bonchev–Trinajstić information content (AvgIpc) is 3.46. The van der Waals surface area contributed by atoms with E-state index >= 15 is 0 Å². The van der Waals surface area contributed by atoms with Crippen LogP contribution < -0.4 is 15.4 Å². The molecule has 0 bridgehead atoms. The van der Waals surface area contributed by atoms with Gasteiger partial charge in [0.1, 0.15) is 41.8 Å². The van der Waals surface area contributed by atoms with E-state index in [9.17, 15) is 5.26 Å². The molecule has 12 heteroatoms. The molecule has 0 aliphatic carbocycles. The molecule has 0 radical (unpaired) electrons. The highest BCUT2D eigenvalue weighted by Crippen LogP contribution is 2.31. The van der Waals surface area contributed by atoms with E-state index in [1.165, 1.54) is 62.4 Å². The van der Waals surface area contributed by atoms with Crippen molar-refractivity contribution in [1.29, 1.82) is 5.26 Å². The maximum absolute atomic E-state index is 9.62. The topological polar surface area (TPSA) is 150 Å². The minimum Gasteiger partial charge on any atom is -0.489 e. The Morgan fingerprint density at radius 1 is 1.19 bits per heavy atom. The van der Waals surface area contributed by atoms with Gasteiger partial charge in [-0.05, 0) is 73.3 Å². The third kappa shape index (κ3) is 5.37. The van der Waals surface area contributed by atoms with Crippen molar-refractivity contribution >= 4 is 17.5 Å². The number of aromatic nitrogens is 6. The molecule has 2 aromatic heterocycles. The fourth-order valence-corrected chi connectivity index (χ4v) is 5.15. The average molecular weight is 491 g/mol. The number of aliphatic hydroxyl groups is 1. The second-order valence-electron chi connectivity index (χ2n) is 9.08. The summed E-state index contributed by atoms with van der Waals surface area (Å²) in [6.07, 6.45) is 9.23. The quantitative estimate of drug-likeness (QED) is 0.405. The smallest absolute Gasteiger partial charge is 0.229 e. The van der Waals surface area contributed by atoms with E-state index in [-0.39, 0.29) is 13.2 Å². The molecule has 2 fully saturated rings. The molecule has 0 amide bonds. The first kappa shape index (κ1) is 23.9. The molecule has 2 saturated heterocycles. The Kier molecular flexibility index (Phi) is 7.49. The number of benzene rings is 1. The molecule has 5 rings (SSSR count). The summed E-state index contributed by atoms with van der Waals surface area (Å²) in [5.41, 5.74) is 1.71. The summed E-state index contributed by atoms with van der Waals surface area (Å²) in [7, 11) is 0. The van der Waals surface area contributed by atoms with Gasteiger partial charge in [-0.3, -0.25) is 0 Å². The summed E-state index contributed by atoms with van der Waals surface area (Å²) < 4.78 is 7.09. The molecular formula is C24H30N10O2. The molecule has 4 heterocycles. The van der Waals surface area contributed by atoms with E-state index in [2.05, 4.69) is 47.1 Å². The SMILES string of the molecule is N#Cc1cnc(Nc2ccc(OCCO)c(-n3cnnn3)c2)nc1NCC1CCCN2CCCCC12. The van der Waals surface area contributed by atoms with Crippen LogP contribution in [0, 0.1) is 17.2 Å². The molecule has 2 atom stereocenters. The largest absolute Gasteiger partial charge is 0.489 e. The fourth-order valence-electron chi connectivity index (χ4n) is 5.15. The molecule has 0 spiro atoms. The van der Waals surface area contributed by atoms with Gasteiger partial charge in [0.25, 0.3) is 0 Å². The van der Waals surface area contributed by atoms with Gasteiger partial charge in [-0.25, -0.2) is 4.98 Å². The maximum atomic E-state index is 9.62. The van der Waals surface area contributed by atoms with Gasteiger partial charge in [-0.15, -0.1) is 5.10 Å². The lowest BCUT2D eigenvalue weighted by molar-refractivity contribution is 0.0649. The van der Waals surface area contributed by atoms with Crippen molar-refractivity contribution in [3.63, 3.8) is 0 Å². The van der Waals surface area contributed by atoms with Gasteiger partial charge in [0.15, 0.2) is 0 Å². The Morgan fingerprint density at radius 3 is 2.94 bits per heavy atom. The number of nitrogens with zero attached hydrogens (tertiary/aromatic N) is 8. The summed E-state index contributed by atoms with van der Waals surface area (Å²) in [5.74, 6) is 1.97. The third-order valence-corrected chi connectivity index (χ3v) is 6.83. The van der Waals surface area contributed by atoms with E-state index in [1.807, 2.05) is 6.07 Å². The summed E-state index contributed by atoms with van der Waals surface area (Å²) in [5, 5.41) is 36.7. The minimum absolute atomic E-state index is 0.108. The Morgan fingerprint density at radius 2 is 2.11 bits per heavy atom. The van der Waals surface area contributed by atoms with Crippen LogP contribution in [-0.2, 0) is 0 Å². The van der Waals surface area contributed by atoms with Crippen LogP contribution in [0.25, 0.3) is 5.69 Å². The van der Waals surface area contributed by atoms with Crippen LogP contribution in [0.5, 0.6) is 5.75 Å². The van der Waals surface area contributed by atoms with Crippen molar-refractivity contribution in [3.8, 4) is 17.5 Å². The van der Waals surface area contributed by atoms with Crippen molar-refractivity contribution in [1.82, 2.24) is 35.1 Å². The van der Waals surface area contributed by atoms with Gasteiger partial charge < -0.3 is 25.4 Å². The summed E-state index contributed by atoms with van der Waals surface area (Å²) in [6.45, 7) is 3.22. The fraction of sp³-hybridized carbons (Fsp3) is 0.500. The van der Waals surface area contributed by atoms with Gasteiger partial charge >= 0.3 is 0 Å². The van der Waals surface area contributed by atoms with Gasteiger partial charge in [0, 0.05) is 18.3 Å².